The van der Waals surface area contributed by atoms with E-state index in [4.69, 9.17) is 0 Å². The quantitative estimate of drug-likeness (QED) is 0.708. The lowest BCUT2D eigenvalue weighted by molar-refractivity contribution is 0.0919. The van der Waals surface area contributed by atoms with Crippen molar-refractivity contribution in [1.29, 1.82) is 0 Å². The molecule has 1 aliphatic carbocycles. The fourth-order valence-electron chi connectivity index (χ4n) is 2.83. The van der Waals surface area contributed by atoms with Gasteiger partial charge in [-0.1, -0.05) is 19.3 Å². The van der Waals surface area contributed by atoms with Crippen LogP contribution in [-0.4, -0.2) is 23.8 Å². The summed E-state index contributed by atoms with van der Waals surface area (Å²) in [5.41, 5.74) is 0. The van der Waals surface area contributed by atoms with Gasteiger partial charge in [-0.25, -0.2) is 0 Å². The van der Waals surface area contributed by atoms with Crippen molar-refractivity contribution >= 4 is 12.4 Å². The van der Waals surface area contributed by atoms with Gasteiger partial charge in [-0.15, -0.1) is 12.4 Å². The molecule has 2 nitrogen and oxygen atoms in total. The first-order valence-electron chi connectivity index (χ1n) is 5.78. The molecule has 0 aromatic heterocycles. The highest BCUT2D eigenvalue weighted by molar-refractivity contribution is 5.85. The van der Waals surface area contributed by atoms with Crippen LogP contribution in [0.2, 0.25) is 0 Å². The second kappa shape index (κ2) is 5.94. The summed E-state index contributed by atoms with van der Waals surface area (Å²) in [6, 6.07) is 0.615. The maximum absolute atomic E-state index is 9.57. The third-order valence-electron chi connectivity index (χ3n) is 3.63. The third kappa shape index (κ3) is 3.11. The molecule has 14 heavy (non-hydrogen) atoms. The van der Waals surface area contributed by atoms with Gasteiger partial charge >= 0.3 is 0 Å². The van der Waals surface area contributed by atoms with Crippen LogP contribution < -0.4 is 5.32 Å². The molecule has 2 aliphatic rings. The predicted molar refractivity (Wildman–Crippen MR) is 60.9 cm³/mol. The number of halogens is 1. The van der Waals surface area contributed by atoms with Gasteiger partial charge in [0.25, 0.3) is 0 Å². The summed E-state index contributed by atoms with van der Waals surface area (Å²) in [6.45, 7) is 1.02. The first kappa shape index (κ1) is 12.3. The van der Waals surface area contributed by atoms with E-state index in [1.54, 1.807) is 0 Å². The topological polar surface area (TPSA) is 32.3 Å². The molecular formula is C11H22ClNO. The van der Waals surface area contributed by atoms with Crippen molar-refractivity contribution in [2.24, 2.45) is 5.92 Å². The molecule has 84 valence electrons. The van der Waals surface area contributed by atoms with E-state index < -0.39 is 0 Å². The van der Waals surface area contributed by atoms with Crippen LogP contribution >= 0.6 is 12.4 Å². The van der Waals surface area contributed by atoms with E-state index in [2.05, 4.69) is 5.32 Å². The van der Waals surface area contributed by atoms with E-state index in [0.29, 0.717) is 6.04 Å². The van der Waals surface area contributed by atoms with Crippen LogP contribution in [0, 0.1) is 5.92 Å². The van der Waals surface area contributed by atoms with Gasteiger partial charge in [0.15, 0.2) is 0 Å². The molecule has 2 atom stereocenters. The monoisotopic (exact) mass is 219 g/mol. The molecule has 1 aliphatic heterocycles. The largest absolute Gasteiger partial charge is 0.393 e. The second-order valence-electron chi connectivity index (χ2n) is 4.64. The summed E-state index contributed by atoms with van der Waals surface area (Å²) in [4.78, 5) is 0. The molecule has 2 fully saturated rings. The maximum Gasteiger partial charge on any atom is 0.0567 e. The molecule has 2 unspecified atom stereocenters. The van der Waals surface area contributed by atoms with Gasteiger partial charge in [-0.2, -0.15) is 0 Å². The van der Waals surface area contributed by atoms with E-state index in [-0.39, 0.29) is 18.5 Å². The first-order valence-corrected chi connectivity index (χ1v) is 5.78. The molecule has 1 saturated heterocycles. The zero-order valence-electron chi connectivity index (χ0n) is 8.74. The van der Waals surface area contributed by atoms with Crippen molar-refractivity contribution in [3.05, 3.63) is 0 Å². The Labute approximate surface area is 92.9 Å². The SMILES string of the molecule is Cl.OC1CCNC(C2CCCCC2)C1. The van der Waals surface area contributed by atoms with E-state index in [9.17, 15) is 5.11 Å². The normalized spacial score (nSPS) is 34.9. The van der Waals surface area contributed by atoms with Gasteiger partial charge in [-0.05, 0) is 38.1 Å². The minimum Gasteiger partial charge on any atom is -0.393 e. The molecule has 0 aromatic carbocycles. The number of hydrogen-bond donors (Lipinski definition) is 2. The minimum absolute atomic E-state index is 0. The Morgan fingerprint density at radius 1 is 1.00 bits per heavy atom. The average molecular weight is 220 g/mol. The smallest absolute Gasteiger partial charge is 0.0567 e. The van der Waals surface area contributed by atoms with Crippen LogP contribution in [0.3, 0.4) is 0 Å². The Morgan fingerprint density at radius 2 is 1.71 bits per heavy atom. The van der Waals surface area contributed by atoms with Crippen molar-refractivity contribution in [1.82, 2.24) is 5.32 Å². The van der Waals surface area contributed by atoms with Gasteiger partial charge in [-0.3, -0.25) is 0 Å². The lowest BCUT2D eigenvalue weighted by Gasteiger charge is -2.35. The van der Waals surface area contributed by atoms with Crippen LogP contribution in [-0.2, 0) is 0 Å². The number of aliphatic hydroxyl groups excluding tert-OH is 1. The van der Waals surface area contributed by atoms with Crippen LogP contribution in [0.25, 0.3) is 0 Å². The maximum atomic E-state index is 9.57. The number of aliphatic hydroxyl groups is 1. The summed E-state index contributed by atoms with van der Waals surface area (Å²) >= 11 is 0. The van der Waals surface area contributed by atoms with Crippen molar-refractivity contribution in [3.63, 3.8) is 0 Å². The highest BCUT2D eigenvalue weighted by atomic mass is 35.5. The van der Waals surface area contributed by atoms with Gasteiger partial charge in [0.2, 0.25) is 0 Å². The number of nitrogens with one attached hydrogen (secondary N) is 1. The van der Waals surface area contributed by atoms with E-state index >= 15 is 0 Å². The fourth-order valence-corrected chi connectivity index (χ4v) is 2.83. The van der Waals surface area contributed by atoms with Crippen LogP contribution in [0.5, 0.6) is 0 Å². The second-order valence-corrected chi connectivity index (χ2v) is 4.64. The van der Waals surface area contributed by atoms with E-state index in [1.807, 2.05) is 0 Å². The highest BCUT2D eigenvalue weighted by Gasteiger charge is 2.27. The minimum atomic E-state index is -0.0341. The van der Waals surface area contributed by atoms with Crippen molar-refractivity contribution in [2.45, 2.75) is 57.1 Å². The predicted octanol–water partition coefficient (Wildman–Crippen LogP) is 2.10. The van der Waals surface area contributed by atoms with Gasteiger partial charge in [0, 0.05) is 6.04 Å². The number of hydrogen-bond acceptors (Lipinski definition) is 2. The molecule has 0 amide bonds. The Morgan fingerprint density at radius 3 is 2.36 bits per heavy atom. The molecule has 0 spiro atoms. The first-order chi connectivity index (χ1) is 6.36. The summed E-state index contributed by atoms with van der Waals surface area (Å²) in [5.74, 6) is 0.851. The van der Waals surface area contributed by atoms with Crippen molar-refractivity contribution in [3.8, 4) is 0 Å². The van der Waals surface area contributed by atoms with Gasteiger partial charge < -0.3 is 10.4 Å². The number of piperidine rings is 1. The Balaban J connectivity index is 0.000000980. The Bertz CT molecular complexity index is 159. The molecule has 1 heterocycles. The van der Waals surface area contributed by atoms with Gasteiger partial charge in [0.05, 0.1) is 6.10 Å². The standard InChI is InChI=1S/C11H21NO.ClH/c13-10-6-7-12-11(8-10)9-4-2-1-3-5-9;/h9-13H,1-8H2;1H. The Hall–Kier alpha value is 0.210. The zero-order chi connectivity index (χ0) is 9.10. The molecule has 1 saturated carbocycles. The summed E-state index contributed by atoms with van der Waals surface area (Å²) in [7, 11) is 0. The molecule has 0 radical (unpaired) electrons. The van der Waals surface area contributed by atoms with Crippen molar-refractivity contribution in [2.75, 3.05) is 6.54 Å². The van der Waals surface area contributed by atoms with E-state index in [1.165, 1.54) is 32.1 Å². The fraction of sp³-hybridized carbons (Fsp3) is 1.00. The van der Waals surface area contributed by atoms with Gasteiger partial charge in [0.1, 0.15) is 0 Å². The van der Waals surface area contributed by atoms with Crippen LogP contribution in [0.4, 0.5) is 0 Å². The molecule has 0 bridgehead atoms. The lowest BCUT2D eigenvalue weighted by Crippen LogP contribution is -2.45. The third-order valence-corrected chi connectivity index (χ3v) is 3.63. The molecule has 2 N–H and O–H groups in total. The highest BCUT2D eigenvalue weighted by Crippen LogP contribution is 2.29. The molecule has 2 rings (SSSR count). The summed E-state index contributed by atoms with van der Waals surface area (Å²) < 4.78 is 0. The van der Waals surface area contributed by atoms with Crippen LogP contribution in [0.15, 0.2) is 0 Å². The lowest BCUT2D eigenvalue weighted by atomic mass is 9.80. The average Bonchev–Trinajstić information content (AvgIpc) is 2.19. The summed E-state index contributed by atoms with van der Waals surface area (Å²) in [6.07, 6.45) is 8.89. The molecular weight excluding hydrogens is 198 g/mol. The number of rotatable bonds is 1. The summed E-state index contributed by atoms with van der Waals surface area (Å²) in [5, 5.41) is 13.1. The van der Waals surface area contributed by atoms with Crippen molar-refractivity contribution < 1.29 is 5.11 Å². The molecule has 0 aromatic rings. The van der Waals surface area contributed by atoms with E-state index in [0.717, 1.165) is 25.3 Å². The van der Waals surface area contributed by atoms with Crippen LogP contribution in [0.1, 0.15) is 44.9 Å². The zero-order valence-corrected chi connectivity index (χ0v) is 9.56. The Kier molecular flexibility index (Phi) is 5.21. The molecule has 3 heteroatoms.